The van der Waals surface area contributed by atoms with Gasteiger partial charge >= 0.3 is 0 Å². The highest BCUT2D eigenvalue weighted by atomic mass is 16.2. The minimum absolute atomic E-state index is 0.0335. The van der Waals surface area contributed by atoms with E-state index in [0.29, 0.717) is 0 Å². The molecule has 1 amide bonds. The molecular formula is C17H19NO. The second-order valence-corrected chi connectivity index (χ2v) is 5.16. The average Bonchev–Trinajstić information content (AvgIpc) is 2.36. The summed E-state index contributed by atoms with van der Waals surface area (Å²) < 4.78 is 0. The molecule has 2 heteroatoms. The van der Waals surface area contributed by atoms with Crippen LogP contribution in [0.2, 0.25) is 0 Å². The lowest BCUT2D eigenvalue weighted by Gasteiger charge is -2.12. The summed E-state index contributed by atoms with van der Waals surface area (Å²) in [5.41, 5.74) is 5.44. The van der Waals surface area contributed by atoms with Crippen molar-refractivity contribution in [3.63, 3.8) is 0 Å². The molecule has 0 fully saturated rings. The van der Waals surface area contributed by atoms with Crippen molar-refractivity contribution < 1.29 is 4.79 Å². The Labute approximate surface area is 114 Å². The highest BCUT2D eigenvalue weighted by Crippen LogP contribution is 2.23. The number of aryl methyl sites for hydroxylation is 2. The van der Waals surface area contributed by atoms with Crippen LogP contribution in [0, 0.1) is 13.8 Å². The van der Waals surface area contributed by atoms with E-state index >= 15 is 0 Å². The Balaban J connectivity index is 2.46. The largest absolute Gasteiger partial charge is 0.345 e. The van der Waals surface area contributed by atoms with Gasteiger partial charge in [-0.25, -0.2) is 0 Å². The lowest BCUT2D eigenvalue weighted by molar-refractivity contribution is 0.0827. The van der Waals surface area contributed by atoms with Gasteiger partial charge in [0.25, 0.3) is 5.91 Å². The molecule has 2 aromatic rings. The molecule has 0 bridgehead atoms. The summed E-state index contributed by atoms with van der Waals surface area (Å²) in [6.07, 6.45) is 0. The first kappa shape index (κ1) is 13.3. The van der Waals surface area contributed by atoms with Gasteiger partial charge < -0.3 is 4.90 Å². The molecule has 0 radical (unpaired) electrons. The standard InChI is InChI=1S/C17H19NO/c1-12-8-13(2)10-16(9-12)14-6-5-7-15(11-14)17(19)18(3)4/h5-11H,1-4H3. The summed E-state index contributed by atoms with van der Waals surface area (Å²) in [5, 5.41) is 0. The molecule has 0 heterocycles. The van der Waals surface area contributed by atoms with Crippen LogP contribution < -0.4 is 0 Å². The Bertz CT molecular complexity index is 594. The Morgan fingerprint density at radius 2 is 1.53 bits per heavy atom. The quantitative estimate of drug-likeness (QED) is 0.799. The van der Waals surface area contributed by atoms with Crippen LogP contribution in [-0.4, -0.2) is 24.9 Å². The predicted molar refractivity (Wildman–Crippen MR) is 79.4 cm³/mol. The van der Waals surface area contributed by atoms with Crippen molar-refractivity contribution in [2.45, 2.75) is 13.8 Å². The molecule has 0 saturated heterocycles. The lowest BCUT2D eigenvalue weighted by Crippen LogP contribution is -2.21. The van der Waals surface area contributed by atoms with Crippen LogP contribution in [0.5, 0.6) is 0 Å². The third-order valence-corrected chi connectivity index (χ3v) is 3.07. The van der Waals surface area contributed by atoms with Gasteiger partial charge in [-0.3, -0.25) is 4.79 Å². The number of hydrogen-bond acceptors (Lipinski definition) is 1. The average molecular weight is 253 g/mol. The van der Waals surface area contributed by atoms with Crippen molar-refractivity contribution in [2.75, 3.05) is 14.1 Å². The monoisotopic (exact) mass is 253 g/mol. The van der Waals surface area contributed by atoms with Crippen molar-refractivity contribution in [1.29, 1.82) is 0 Å². The Morgan fingerprint density at radius 3 is 2.11 bits per heavy atom. The fourth-order valence-electron chi connectivity index (χ4n) is 2.23. The van der Waals surface area contributed by atoms with Crippen LogP contribution in [0.25, 0.3) is 11.1 Å². The van der Waals surface area contributed by atoms with Gasteiger partial charge in [0, 0.05) is 19.7 Å². The van der Waals surface area contributed by atoms with Crippen LogP contribution in [0.1, 0.15) is 21.5 Å². The zero-order valence-corrected chi connectivity index (χ0v) is 11.9. The summed E-state index contributed by atoms with van der Waals surface area (Å²) in [6.45, 7) is 4.18. The molecule has 2 aromatic carbocycles. The van der Waals surface area contributed by atoms with Crippen molar-refractivity contribution >= 4 is 5.91 Å². The molecule has 2 nitrogen and oxygen atoms in total. The molecule has 0 aliphatic rings. The van der Waals surface area contributed by atoms with E-state index < -0.39 is 0 Å². The first-order chi connectivity index (χ1) is 8.97. The third kappa shape index (κ3) is 3.02. The molecule has 0 N–H and O–H groups in total. The SMILES string of the molecule is Cc1cc(C)cc(-c2cccc(C(=O)N(C)C)c2)c1. The zero-order chi connectivity index (χ0) is 14.0. The van der Waals surface area contributed by atoms with Gasteiger partial charge in [-0.2, -0.15) is 0 Å². The van der Waals surface area contributed by atoms with Crippen LogP contribution in [0.3, 0.4) is 0 Å². The molecule has 98 valence electrons. The molecule has 0 unspecified atom stereocenters. The maximum absolute atomic E-state index is 12.0. The predicted octanol–water partition coefficient (Wildman–Crippen LogP) is 3.67. The fourth-order valence-corrected chi connectivity index (χ4v) is 2.23. The Morgan fingerprint density at radius 1 is 0.895 bits per heavy atom. The number of rotatable bonds is 2. The molecule has 2 rings (SSSR count). The second-order valence-electron chi connectivity index (χ2n) is 5.16. The summed E-state index contributed by atoms with van der Waals surface area (Å²) in [4.78, 5) is 13.6. The van der Waals surface area contributed by atoms with Gasteiger partial charge in [-0.05, 0) is 37.1 Å². The maximum Gasteiger partial charge on any atom is 0.253 e. The minimum Gasteiger partial charge on any atom is -0.345 e. The van der Waals surface area contributed by atoms with Crippen molar-refractivity contribution in [1.82, 2.24) is 4.90 Å². The van der Waals surface area contributed by atoms with E-state index in [9.17, 15) is 4.79 Å². The van der Waals surface area contributed by atoms with Gasteiger partial charge in [-0.1, -0.05) is 41.5 Å². The number of carbonyl (C=O) groups is 1. The number of benzene rings is 2. The summed E-state index contributed by atoms with van der Waals surface area (Å²) >= 11 is 0. The molecular weight excluding hydrogens is 234 g/mol. The van der Waals surface area contributed by atoms with Crippen LogP contribution in [0.4, 0.5) is 0 Å². The van der Waals surface area contributed by atoms with Gasteiger partial charge in [0.05, 0.1) is 0 Å². The fraction of sp³-hybridized carbons (Fsp3) is 0.235. The normalized spacial score (nSPS) is 10.3. The van der Waals surface area contributed by atoms with Crippen molar-refractivity contribution in [3.8, 4) is 11.1 Å². The van der Waals surface area contributed by atoms with Gasteiger partial charge in [0.15, 0.2) is 0 Å². The third-order valence-electron chi connectivity index (χ3n) is 3.07. The summed E-state index contributed by atoms with van der Waals surface area (Å²) in [5.74, 6) is 0.0335. The zero-order valence-electron chi connectivity index (χ0n) is 11.9. The van der Waals surface area contributed by atoms with E-state index in [0.717, 1.165) is 16.7 Å². The van der Waals surface area contributed by atoms with Gasteiger partial charge in [0.2, 0.25) is 0 Å². The highest BCUT2D eigenvalue weighted by Gasteiger charge is 2.09. The smallest absolute Gasteiger partial charge is 0.253 e. The second kappa shape index (κ2) is 5.27. The molecule has 0 atom stereocenters. The number of nitrogens with zero attached hydrogens (tertiary/aromatic N) is 1. The molecule has 0 spiro atoms. The number of hydrogen-bond donors (Lipinski definition) is 0. The van der Waals surface area contributed by atoms with Crippen molar-refractivity contribution in [3.05, 3.63) is 59.2 Å². The van der Waals surface area contributed by atoms with E-state index in [2.05, 4.69) is 32.0 Å². The molecule has 0 aliphatic heterocycles. The summed E-state index contributed by atoms with van der Waals surface area (Å²) in [6, 6.07) is 14.2. The minimum atomic E-state index is 0.0335. The molecule has 19 heavy (non-hydrogen) atoms. The van der Waals surface area contributed by atoms with Gasteiger partial charge in [-0.15, -0.1) is 0 Å². The van der Waals surface area contributed by atoms with Crippen molar-refractivity contribution in [2.24, 2.45) is 0 Å². The van der Waals surface area contributed by atoms with E-state index in [1.54, 1.807) is 19.0 Å². The Hall–Kier alpha value is -2.09. The Kier molecular flexibility index (Phi) is 3.70. The van der Waals surface area contributed by atoms with E-state index in [4.69, 9.17) is 0 Å². The highest BCUT2D eigenvalue weighted by molar-refractivity contribution is 5.95. The molecule has 0 aliphatic carbocycles. The summed E-state index contributed by atoms with van der Waals surface area (Å²) in [7, 11) is 3.54. The van der Waals surface area contributed by atoms with E-state index in [1.165, 1.54) is 11.1 Å². The number of amides is 1. The van der Waals surface area contributed by atoms with Crippen LogP contribution >= 0.6 is 0 Å². The topological polar surface area (TPSA) is 20.3 Å². The maximum atomic E-state index is 12.0. The molecule has 0 aromatic heterocycles. The van der Waals surface area contributed by atoms with Gasteiger partial charge in [0.1, 0.15) is 0 Å². The first-order valence-electron chi connectivity index (χ1n) is 6.38. The van der Waals surface area contributed by atoms with E-state index in [1.807, 2.05) is 24.3 Å². The van der Waals surface area contributed by atoms with Crippen LogP contribution in [-0.2, 0) is 0 Å². The van der Waals surface area contributed by atoms with E-state index in [-0.39, 0.29) is 5.91 Å². The number of carbonyl (C=O) groups excluding carboxylic acids is 1. The van der Waals surface area contributed by atoms with Crippen LogP contribution in [0.15, 0.2) is 42.5 Å². The molecule has 0 saturated carbocycles. The first-order valence-corrected chi connectivity index (χ1v) is 6.38. The lowest BCUT2D eigenvalue weighted by atomic mass is 9.99.